The Morgan fingerprint density at radius 3 is 2.59 bits per heavy atom. The SMILES string of the molecule is Cc1ccc(NC(=O)N2CCN(C[C@@H]3CCCN(CCC4CCNCC4)C3)CC2)cc1Cl. The maximum Gasteiger partial charge on any atom is 0.321 e. The van der Waals surface area contributed by atoms with E-state index in [4.69, 9.17) is 11.6 Å². The van der Waals surface area contributed by atoms with Gasteiger partial charge in [-0.15, -0.1) is 0 Å². The van der Waals surface area contributed by atoms with Gasteiger partial charge in [0.2, 0.25) is 0 Å². The van der Waals surface area contributed by atoms with Crippen molar-refractivity contribution in [2.75, 3.05) is 70.8 Å². The highest BCUT2D eigenvalue weighted by atomic mass is 35.5. The summed E-state index contributed by atoms with van der Waals surface area (Å²) in [6.45, 7) is 12.9. The van der Waals surface area contributed by atoms with Crippen molar-refractivity contribution in [3.8, 4) is 0 Å². The maximum atomic E-state index is 12.6. The zero-order valence-corrected chi connectivity index (χ0v) is 20.4. The molecule has 0 unspecified atom stereocenters. The van der Waals surface area contributed by atoms with Crippen molar-refractivity contribution < 1.29 is 4.79 Å². The molecule has 1 atom stereocenters. The lowest BCUT2D eigenvalue weighted by Crippen LogP contribution is -2.52. The molecule has 0 aromatic heterocycles. The van der Waals surface area contributed by atoms with Crippen LogP contribution in [-0.2, 0) is 0 Å². The molecule has 2 N–H and O–H groups in total. The standard InChI is InChI=1S/C25H40ClN5O/c1-20-4-5-23(17-24(20)26)28-25(32)31-15-13-30(14-16-31)19-22-3-2-11-29(18-22)12-8-21-6-9-27-10-7-21/h4-5,17,21-22,27H,2-3,6-16,18-19H2,1H3,(H,28,32)/t22-/m1/s1. The minimum absolute atomic E-state index is 0.0219. The molecule has 3 aliphatic heterocycles. The smallest absolute Gasteiger partial charge is 0.321 e. The third kappa shape index (κ3) is 6.83. The summed E-state index contributed by atoms with van der Waals surface area (Å²) in [6, 6.07) is 5.65. The second-order valence-electron chi connectivity index (χ2n) is 9.97. The molecular weight excluding hydrogens is 422 g/mol. The summed E-state index contributed by atoms with van der Waals surface area (Å²) >= 11 is 6.19. The molecule has 0 spiro atoms. The molecule has 6 nitrogen and oxygen atoms in total. The molecule has 178 valence electrons. The lowest BCUT2D eigenvalue weighted by atomic mass is 9.93. The van der Waals surface area contributed by atoms with Gasteiger partial charge in [-0.05, 0) is 94.7 Å². The second-order valence-corrected chi connectivity index (χ2v) is 10.4. The van der Waals surface area contributed by atoms with Crippen LogP contribution in [0.4, 0.5) is 10.5 Å². The zero-order valence-electron chi connectivity index (χ0n) is 19.6. The third-order valence-corrected chi connectivity index (χ3v) is 7.92. The summed E-state index contributed by atoms with van der Waals surface area (Å²) in [4.78, 5) is 19.9. The topological polar surface area (TPSA) is 50.9 Å². The van der Waals surface area contributed by atoms with Gasteiger partial charge in [0.05, 0.1) is 0 Å². The van der Waals surface area contributed by atoms with Crippen molar-refractivity contribution in [2.24, 2.45) is 11.8 Å². The molecular formula is C25H40ClN5O. The van der Waals surface area contributed by atoms with Crippen molar-refractivity contribution >= 4 is 23.3 Å². The first kappa shape index (κ1) is 23.8. The molecule has 0 aliphatic carbocycles. The van der Waals surface area contributed by atoms with E-state index in [1.165, 1.54) is 71.4 Å². The number of anilines is 1. The van der Waals surface area contributed by atoms with Crippen molar-refractivity contribution in [1.29, 1.82) is 0 Å². The Morgan fingerprint density at radius 1 is 1.06 bits per heavy atom. The number of halogens is 1. The maximum absolute atomic E-state index is 12.6. The average molecular weight is 462 g/mol. The van der Waals surface area contributed by atoms with E-state index in [1.807, 2.05) is 30.0 Å². The number of likely N-dealkylation sites (tertiary alicyclic amines) is 1. The summed E-state index contributed by atoms with van der Waals surface area (Å²) in [5.74, 6) is 1.69. The summed E-state index contributed by atoms with van der Waals surface area (Å²) in [5, 5.41) is 7.16. The van der Waals surface area contributed by atoms with Crippen molar-refractivity contribution in [3.63, 3.8) is 0 Å². The van der Waals surface area contributed by atoms with Gasteiger partial charge in [-0.3, -0.25) is 4.90 Å². The molecule has 1 aromatic carbocycles. The molecule has 7 heteroatoms. The molecule has 0 bridgehead atoms. The molecule has 32 heavy (non-hydrogen) atoms. The number of benzene rings is 1. The van der Waals surface area contributed by atoms with Gasteiger partial charge in [-0.25, -0.2) is 4.79 Å². The average Bonchev–Trinajstić information content (AvgIpc) is 2.81. The number of aryl methyl sites for hydroxylation is 1. The molecule has 3 aliphatic rings. The summed E-state index contributed by atoms with van der Waals surface area (Å²) in [7, 11) is 0. The Bertz CT molecular complexity index is 746. The van der Waals surface area contributed by atoms with Crippen LogP contribution < -0.4 is 10.6 Å². The fraction of sp³-hybridized carbons (Fsp3) is 0.720. The van der Waals surface area contributed by atoms with E-state index in [-0.39, 0.29) is 6.03 Å². The van der Waals surface area contributed by atoms with Crippen LogP contribution in [0.1, 0.15) is 37.7 Å². The second kappa shape index (κ2) is 11.7. The fourth-order valence-corrected chi connectivity index (χ4v) is 5.59. The van der Waals surface area contributed by atoms with Crippen LogP contribution in [0.2, 0.25) is 5.02 Å². The van der Waals surface area contributed by atoms with Gasteiger partial charge in [0, 0.05) is 50.0 Å². The number of piperazine rings is 1. The van der Waals surface area contributed by atoms with Gasteiger partial charge in [-0.2, -0.15) is 0 Å². The van der Waals surface area contributed by atoms with Gasteiger partial charge in [-0.1, -0.05) is 17.7 Å². The number of nitrogens with one attached hydrogen (secondary N) is 2. The van der Waals surface area contributed by atoms with E-state index in [2.05, 4.69) is 20.4 Å². The first-order chi connectivity index (χ1) is 15.6. The van der Waals surface area contributed by atoms with Gasteiger partial charge in [0.1, 0.15) is 0 Å². The monoisotopic (exact) mass is 461 g/mol. The van der Waals surface area contributed by atoms with Gasteiger partial charge in [0.15, 0.2) is 0 Å². The predicted octanol–water partition coefficient (Wildman–Crippen LogP) is 3.90. The van der Waals surface area contributed by atoms with E-state index in [0.29, 0.717) is 5.02 Å². The van der Waals surface area contributed by atoms with Crippen LogP contribution >= 0.6 is 11.6 Å². The Labute approximate surface area is 198 Å². The molecule has 3 saturated heterocycles. The van der Waals surface area contributed by atoms with Crippen LogP contribution in [0, 0.1) is 18.8 Å². The number of rotatable bonds is 6. The minimum atomic E-state index is -0.0219. The fourth-order valence-electron chi connectivity index (χ4n) is 5.41. The van der Waals surface area contributed by atoms with Crippen LogP contribution in [0.5, 0.6) is 0 Å². The van der Waals surface area contributed by atoms with Gasteiger partial charge in [0.25, 0.3) is 0 Å². The van der Waals surface area contributed by atoms with Gasteiger partial charge < -0.3 is 20.4 Å². The van der Waals surface area contributed by atoms with E-state index < -0.39 is 0 Å². The largest absolute Gasteiger partial charge is 0.322 e. The summed E-state index contributed by atoms with van der Waals surface area (Å²) < 4.78 is 0. The third-order valence-electron chi connectivity index (χ3n) is 7.51. The van der Waals surface area contributed by atoms with Gasteiger partial charge >= 0.3 is 6.03 Å². The molecule has 2 amide bonds. The quantitative estimate of drug-likeness (QED) is 0.674. The van der Waals surface area contributed by atoms with E-state index in [0.717, 1.165) is 49.3 Å². The highest BCUT2D eigenvalue weighted by molar-refractivity contribution is 6.31. The molecule has 3 fully saturated rings. The number of hydrogen-bond acceptors (Lipinski definition) is 4. The van der Waals surface area contributed by atoms with Crippen LogP contribution in [-0.4, -0.2) is 86.2 Å². The molecule has 0 radical (unpaired) electrons. The number of carbonyl (C=O) groups excluding carboxylic acids is 1. The lowest BCUT2D eigenvalue weighted by molar-refractivity contribution is 0.0977. The number of hydrogen-bond donors (Lipinski definition) is 2. The number of amides is 2. The summed E-state index contributed by atoms with van der Waals surface area (Å²) in [5.41, 5.74) is 1.78. The van der Waals surface area contributed by atoms with Crippen LogP contribution in [0.25, 0.3) is 0 Å². The Kier molecular flexibility index (Phi) is 8.69. The number of piperidine rings is 2. The zero-order chi connectivity index (χ0) is 22.3. The molecule has 0 saturated carbocycles. The van der Waals surface area contributed by atoms with E-state index >= 15 is 0 Å². The van der Waals surface area contributed by atoms with Crippen molar-refractivity contribution in [1.82, 2.24) is 20.0 Å². The Morgan fingerprint density at radius 2 is 1.84 bits per heavy atom. The van der Waals surface area contributed by atoms with Crippen molar-refractivity contribution in [3.05, 3.63) is 28.8 Å². The highest BCUT2D eigenvalue weighted by Crippen LogP contribution is 2.23. The Hall–Kier alpha value is -1.34. The summed E-state index contributed by atoms with van der Waals surface area (Å²) in [6.07, 6.45) is 6.75. The first-order valence-corrected chi connectivity index (χ1v) is 12.9. The van der Waals surface area contributed by atoms with Crippen LogP contribution in [0.15, 0.2) is 18.2 Å². The van der Waals surface area contributed by atoms with E-state index in [1.54, 1.807) is 0 Å². The molecule has 1 aromatic rings. The number of nitrogens with zero attached hydrogens (tertiary/aromatic N) is 3. The van der Waals surface area contributed by atoms with Crippen LogP contribution in [0.3, 0.4) is 0 Å². The van der Waals surface area contributed by atoms with E-state index in [9.17, 15) is 4.79 Å². The molecule has 4 rings (SSSR count). The number of urea groups is 1. The normalized spacial score (nSPS) is 23.9. The predicted molar refractivity (Wildman–Crippen MR) is 133 cm³/mol. The number of carbonyl (C=O) groups is 1. The molecule has 3 heterocycles. The first-order valence-electron chi connectivity index (χ1n) is 12.5. The van der Waals surface area contributed by atoms with Crippen molar-refractivity contribution in [2.45, 2.75) is 39.0 Å². The highest BCUT2D eigenvalue weighted by Gasteiger charge is 2.26. The minimum Gasteiger partial charge on any atom is -0.322 e. The lowest BCUT2D eigenvalue weighted by Gasteiger charge is -2.39. The Balaban J connectivity index is 1.16.